The van der Waals surface area contributed by atoms with Gasteiger partial charge in [-0.3, -0.25) is 4.79 Å². The Bertz CT molecular complexity index is 547. The monoisotopic (exact) mass is 347 g/mol. The maximum atomic E-state index is 12.4. The molecule has 1 atom stereocenters. The smallest absolute Gasteiger partial charge is 0.416 e. The van der Waals surface area contributed by atoms with Crippen LogP contribution in [0.15, 0.2) is 24.3 Å². The maximum absolute atomic E-state index is 12.4. The fourth-order valence-electron chi connectivity index (χ4n) is 1.95. The Morgan fingerprint density at radius 1 is 1.17 bits per heavy atom. The van der Waals surface area contributed by atoms with Gasteiger partial charge < -0.3 is 21.5 Å². The fraction of sp³-hybridized carbons (Fsp3) is 0.467. The largest absolute Gasteiger partial charge is 0.480 e. The second-order valence-electron chi connectivity index (χ2n) is 5.17. The van der Waals surface area contributed by atoms with E-state index in [0.29, 0.717) is 25.1 Å². The second-order valence-corrected chi connectivity index (χ2v) is 5.17. The van der Waals surface area contributed by atoms with Crippen molar-refractivity contribution in [3.8, 4) is 0 Å². The van der Waals surface area contributed by atoms with E-state index in [1.54, 1.807) is 0 Å². The lowest BCUT2D eigenvalue weighted by molar-refractivity contribution is -0.141. The molecule has 1 amide bonds. The van der Waals surface area contributed by atoms with E-state index >= 15 is 0 Å². The molecule has 0 radical (unpaired) electrons. The third kappa shape index (κ3) is 6.86. The average Bonchev–Trinajstić information content (AvgIpc) is 2.51. The van der Waals surface area contributed by atoms with Crippen LogP contribution in [0.1, 0.15) is 24.8 Å². The minimum atomic E-state index is -4.42. The molecule has 6 nitrogen and oxygen atoms in total. The van der Waals surface area contributed by atoms with Crippen LogP contribution in [0.2, 0.25) is 0 Å². The summed E-state index contributed by atoms with van der Waals surface area (Å²) in [5, 5.41) is 14.0. The molecule has 1 rings (SSSR count). The number of benzene rings is 1. The third-order valence-corrected chi connectivity index (χ3v) is 3.25. The van der Waals surface area contributed by atoms with E-state index in [0.717, 1.165) is 12.1 Å². The molecule has 0 aliphatic carbocycles. The molecule has 0 saturated carbocycles. The highest BCUT2D eigenvalue weighted by molar-refractivity contribution is 5.86. The Morgan fingerprint density at radius 2 is 1.79 bits per heavy atom. The van der Waals surface area contributed by atoms with Gasteiger partial charge in [-0.05, 0) is 50.1 Å². The standard InChI is InChI=1S/C15H20F3N3O3/c16-15(17,18)10-4-6-11(7-5-10)20-9-13(22)21-12(14(23)24)3-1-2-8-19/h4-7,12,20H,1-3,8-9,19H2,(H,21,22)(H,23,24)/t12-/m0/s1. The highest BCUT2D eigenvalue weighted by atomic mass is 19.4. The van der Waals surface area contributed by atoms with Gasteiger partial charge >= 0.3 is 12.1 Å². The quantitative estimate of drug-likeness (QED) is 0.510. The van der Waals surface area contributed by atoms with E-state index < -0.39 is 29.7 Å². The van der Waals surface area contributed by atoms with Crippen molar-refractivity contribution in [3.05, 3.63) is 29.8 Å². The first-order valence-corrected chi connectivity index (χ1v) is 7.37. The van der Waals surface area contributed by atoms with Gasteiger partial charge in [-0.25, -0.2) is 4.79 Å². The fourth-order valence-corrected chi connectivity index (χ4v) is 1.95. The van der Waals surface area contributed by atoms with Crippen molar-refractivity contribution in [2.75, 3.05) is 18.4 Å². The van der Waals surface area contributed by atoms with Gasteiger partial charge in [-0.2, -0.15) is 13.2 Å². The molecular formula is C15H20F3N3O3. The van der Waals surface area contributed by atoms with Crippen molar-refractivity contribution in [2.45, 2.75) is 31.5 Å². The number of aliphatic carboxylic acids is 1. The van der Waals surface area contributed by atoms with Crippen LogP contribution >= 0.6 is 0 Å². The number of carbonyl (C=O) groups excluding carboxylic acids is 1. The van der Waals surface area contributed by atoms with Gasteiger partial charge in [0.25, 0.3) is 0 Å². The Morgan fingerprint density at radius 3 is 2.29 bits per heavy atom. The van der Waals surface area contributed by atoms with Gasteiger partial charge in [0.15, 0.2) is 0 Å². The van der Waals surface area contributed by atoms with Crippen LogP contribution in [0.25, 0.3) is 0 Å². The Kier molecular flexibility index (Phi) is 7.50. The summed E-state index contributed by atoms with van der Waals surface area (Å²) in [6, 6.07) is 3.18. The van der Waals surface area contributed by atoms with Gasteiger partial charge in [-0.1, -0.05) is 0 Å². The molecule has 1 aromatic rings. The lowest BCUT2D eigenvalue weighted by Crippen LogP contribution is -2.43. The SMILES string of the molecule is NCCCC[C@H](NC(=O)CNc1ccc(C(F)(F)F)cc1)C(=O)O. The van der Waals surface area contributed by atoms with Gasteiger partial charge in [0, 0.05) is 5.69 Å². The maximum Gasteiger partial charge on any atom is 0.416 e. The Hall–Kier alpha value is -2.29. The van der Waals surface area contributed by atoms with Crippen LogP contribution in [0.3, 0.4) is 0 Å². The molecule has 9 heteroatoms. The van der Waals surface area contributed by atoms with Crippen molar-refractivity contribution >= 4 is 17.6 Å². The summed E-state index contributed by atoms with van der Waals surface area (Å²) >= 11 is 0. The number of halogens is 3. The molecule has 0 fully saturated rings. The van der Waals surface area contributed by atoms with E-state index in [4.69, 9.17) is 10.8 Å². The van der Waals surface area contributed by atoms with Crippen LogP contribution < -0.4 is 16.4 Å². The number of unbranched alkanes of at least 4 members (excludes halogenated alkanes) is 1. The number of rotatable bonds is 9. The lowest BCUT2D eigenvalue weighted by Gasteiger charge is -2.15. The van der Waals surface area contributed by atoms with Crippen molar-refractivity contribution in [3.63, 3.8) is 0 Å². The zero-order valence-corrected chi connectivity index (χ0v) is 12.9. The van der Waals surface area contributed by atoms with Crippen LogP contribution in [0.4, 0.5) is 18.9 Å². The molecule has 0 bridgehead atoms. The minimum absolute atomic E-state index is 0.244. The number of anilines is 1. The van der Waals surface area contributed by atoms with Crippen LogP contribution in [0, 0.1) is 0 Å². The van der Waals surface area contributed by atoms with Crippen molar-refractivity contribution in [1.29, 1.82) is 0 Å². The highest BCUT2D eigenvalue weighted by Crippen LogP contribution is 2.29. The molecule has 0 aliphatic heterocycles. The van der Waals surface area contributed by atoms with Crippen molar-refractivity contribution in [1.82, 2.24) is 5.32 Å². The highest BCUT2D eigenvalue weighted by Gasteiger charge is 2.29. The predicted molar refractivity (Wildman–Crippen MR) is 82.4 cm³/mol. The summed E-state index contributed by atoms with van der Waals surface area (Å²) in [6.07, 6.45) is -2.93. The second kappa shape index (κ2) is 9.11. The molecule has 134 valence electrons. The van der Waals surface area contributed by atoms with E-state index in [1.165, 1.54) is 12.1 Å². The normalized spacial score (nSPS) is 12.5. The number of alkyl halides is 3. The van der Waals surface area contributed by atoms with Crippen LogP contribution in [0.5, 0.6) is 0 Å². The number of nitrogens with two attached hydrogens (primary N) is 1. The number of carboxylic acid groups (broad SMARTS) is 1. The molecule has 0 aliphatic rings. The van der Waals surface area contributed by atoms with E-state index in [1.807, 2.05) is 0 Å². The van der Waals surface area contributed by atoms with E-state index in [-0.39, 0.29) is 13.0 Å². The average molecular weight is 347 g/mol. The number of hydrogen-bond acceptors (Lipinski definition) is 4. The Labute approximate surface area is 137 Å². The molecule has 1 aromatic carbocycles. The van der Waals surface area contributed by atoms with E-state index in [9.17, 15) is 22.8 Å². The number of amides is 1. The van der Waals surface area contributed by atoms with Gasteiger partial charge in [-0.15, -0.1) is 0 Å². The molecule has 0 spiro atoms. The summed E-state index contributed by atoms with van der Waals surface area (Å²) < 4.78 is 37.3. The third-order valence-electron chi connectivity index (χ3n) is 3.25. The molecule has 24 heavy (non-hydrogen) atoms. The first kappa shape index (κ1) is 19.8. The van der Waals surface area contributed by atoms with Crippen LogP contribution in [-0.2, 0) is 15.8 Å². The summed E-state index contributed by atoms with van der Waals surface area (Å²) in [5.41, 5.74) is 4.86. The number of hydrogen-bond donors (Lipinski definition) is 4. The molecule has 0 aromatic heterocycles. The first-order valence-electron chi connectivity index (χ1n) is 7.37. The topological polar surface area (TPSA) is 104 Å². The Balaban J connectivity index is 2.48. The molecular weight excluding hydrogens is 327 g/mol. The number of nitrogens with one attached hydrogen (secondary N) is 2. The minimum Gasteiger partial charge on any atom is -0.480 e. The summed E-state index contributed by atoms with van der Waals surface area (Å²) in [4.78, 5) is 22.8. The molecule has 0 unspecified atom stereocenters. The molecule has 0 heterocycles. The van der Waals surface area contributed by atoms with E-state index in [2.05, 4.69) is 10.6 Å². The zero-order valence-electron chi connectivity index (χ0n) is 12.9. The van der Waals surface area contributed by atoms with Gasteiger partial charge in [0.2, 0.25) is 5.91 Å². The van der Waals surface area contributed by atoms with Crippen LogP contribution in [-0.4, -0.2) is 36.1 Å². The van der Waals surface area contributed by atoms with Crippen molar-refractivity contribution < 1.29 is 27.9 Å². The van der Waals surface area contributed by atoms with Crippen molar-refractivity contribution in [2.24, 2.45) is 5.73 Å². The number of carbonyl (C=O) groups is 2. The summed E-state index contributed by atoms with van der Waals surface area (Å²) in [7, 11) is 0. The molecule has 0 saturated heterocycles. The number of carboxylic acids is 1. The zero-order chi connectivity index (χ0) is 18.2. The van der Waals surface area contributed by atoms with Gasteiger partial charge in [0.05, 0.1) is 12.1 Å². The molecule has 5 N–H and O–H groups in total. The predicted octanol–water partition coefficient (Wildman–Crippen LogP) is 1.82. The summed E-state index contributed by atoms with van der Waals surface area (Å²) in [5.74, 6) is -1.70. The first-order chi connectivity index (χ1) is 11.2. The summed E-state index contributed by atoms with van der Waals surface area (Å²) in [6.45, 7) is 0.196. The lowest BCUT2D eigenvalue weighted by atomic mass is 10.1. The van der Waals surface area contributed by atoms with Gasteiger partial charge in [0.1, 0.15) is 6.04 Å².